The van der Waals surface area contributed by atoms with Crippen molar-refractivity contribution < 1.29 is 14.7 Å². The van der Waals surface area contributed by atoms with Crippen LogP contribution in [0.2, 0.25) is 0 Å². The highest BCUT2D eigenvalue weighted by Gasteiger charge is 2.21. The molecule has 1 aliphatic rings. The van der Waals surface area contributed by atoms with Gasteiger partial charge in [-0.25, -0.2) is 4.79 Å². The number of rotatable bonds is 3. The average Bonchev–Trinajstić information content (AvgIpc) is 2.40. The largest absolute Gasteiger partial charge is 0.478 e. The van der Waals surface area contributed by atoms with E-state index in [4.69, 9.17) is 5.11 Å². The predicted molar refractivity (Wildman–Crippen MR) is 72.1 cm³/mol. The smallest absolute Gasteiger partial charge is 0.335 e. The summed E-state index contributed by atoms with van der Waals surface area (Å²) in [5.41, 5.74) is 0.741. The Labute approximate surface area is 110 Å². The number of carbonyl (C=O) groups is 2. The van der Waals surface area contributed by atoms with Crippen LogP contribution in [-0.4, -0.2) is 28.5 Å². The molecule has 0 saturated carbocycles. The molecular formula is C13H15NO3S. The van der Waals surface area contributed by atoms with E-state index in [2.05, 4.69) is 5.32 Å². The summed E-state index contributed by atoms with van der Waals surface area (Å²) in [6.45, 7) is 0. The van der Waals surface area contributed by atoms with Gasteiger partial charge in [-0.2, -0.15) is 11.8 Å². The number of carboxylic acids is 1. The SMILES string of the molecule is O=C(O)c1cccc(NC(=O)C2CCSCC2)c1. The van der Waals surface area contributed by atoms with Crippen LogP contribution in [0.3, 0.4) is 0 Å². The quantitative estimate of drug-likeness (QED) is 0.881. The van der Waals surface area contributed by atoms with Crippen LogP contribution in [0.5, 0.6) is 0 Å². The van der Waals surface area contributed by atoms with Gasteiger partial charge in [-0.3, -0.25) is 4.79 Å². The number of benzene rings is 1. The van der Waals surface area contributed by atoms with Gasteiger partial charge < -0.3 is 10.4 Å². The first-order valence-corrected chi connectivity index (χ1v) is 7.04. The molecule has 0 spiro atoms. The first-order chi connectivity index (χ1) is 8.66. The summed E-state index contributed by atoms with van der Waals surface area (Å²) in [4.78, 5) is 22.8. The van der Waals surface area contributed by atoms with E-state index in [1.54, 1.807) is 12.1 Å². The molecule has 0 aliphatic carbocycles. The van der Waals surface area contributed by atoms with E-state index in [-0.39, 0.29) is 17.4 Å². The third-order valence-electron chi connectivity index (χ3n) is 2.97. The molecule has 0 unspecified atom stereocenters. The van der Waals surface area contributed by atoms with Gasteiger partial charge in [0.2, 0.25) is 5.91 Å². The number of hydrogen-bond acceptors (Lipinski definition) is 3. The Morgan fingerprint density at radius 1 is 1.28 bits per heavy atom. The van der Waals surface area contributed by atoms with Gasteiger partial charge in [-0.15, -0.1) is 0 Å². The molecule has 0 atom stereocenters. The second-order valence-electron chi connectivity index (χ2n) is 4.26. The third kappa shape index (κ3) is 3.26. The van der Waals surface area contributed by atoms with E-state index in [0.29, 0.717) is 5.69 Å². The monoisotopic (exact) mass is 265 g/mol. The van der Waals surface area contributed by atoms with E-state index in [1.807, 2.05) is 11.8 Å². The van der Waals surface area contributed by atoms with Gasteiger partial charge in [0, 0.05) is 11.6 Å². The van der Waals surface area contributed by atoms with E-state index in [0.717, 1.165) is 24.3 Å². The summed E-state index contributed by atoms with van der Waals surface area (Å²) in [7, 11) is 0. The van der Waals surface area contributed by atoms with Crippen LogP contribution < -0.4 is 5.32 Å². The standard InChI is InChI=1S/C13H15NO3S/c15-12(9-4-6-18-7-5-9)14-11-3-1-2-10(8-11)13(16)17/h1-3,8-9H,4-7H2,(H,14,15)(H,16,17). The Hall–Kier alpha value is -1.49. The Kier molecular flexibility index (Phi) is 4.25. The number of aromatic carboxylic acids is 1. The number of hydrogen-bond donors (Lipinski definition) is 2. The molecule has 96 valence electrons. The molecule has 2 N–H and O–H groups in total. The zero-order valence-corrected chi connectivity index (χ0v) is 10.7. The highest BCUT2D eigenvalue weighted by Crippen LogP contribution is 2.24. The fourth-order valence-corrected chi connectivity index (χ4v) is 3.04. The van der Waals surface area contributed by atoms with Crippen LogP contribution in [0.15, 0.2) is 24.3 Å². The maximum Gasteiger partial charge on any atom is 0.335 e. The predicted octanol–water partition coefficient (Wildman–Crippen LogP) is 2.47. The lowest BCUT2D eigenvalue weighted by molar-refractivity contribution is -0.120. The first-order valence-electron chi connectivity index (χ1n) is 5.89. The van der Waals surface area contributed by atoms with Crippen molar-refractivity contribution in [3.05, 3.63) is 29.8 Å². The lowest BCUT2D eigenvalue weighted by Gasteiger charge is -2.20. The summed E-state index contributed by atoms with van der Waals surface area (Å²) in [5.74, 6) is 1.11. The van der Waals surface area contributed by atoms with E-state index in [9.17, 15) is 9.59 Å². The highest BCUT2D eigenvalue weighted by molar-refractivity contribution is 7.99. The van der Waals surface area contributed by atoms with E-state index in [1.165, 1.54) is 12.1 Å². The summed E-state index contributed by atoms with van der Waals surface area (Å²) >= 11 is 1.87. The second kappa shape index (κ2) is 5.91. The van der Waals surface area contributed by atoms with Gasteiger partial charge in [-0.05, 0) is 42.5 Å². The number of thioether (sulfide) groups is 1. The minimum absolute atomic E-state index is 0.00200. The van der Waals surface area contributed by atoms with Crippen LogP contribution in [0.25, 0.3) is 0 Å². The fraction of sp³-hybridized carbons (Fsp3) is 0.385. The number of carbonyl (C=O) groups excluding carboxylic acids is 1. The lowest BCUT2D eigenvalue weighted by atomic mass is 10.0. The van der Waals surface area contributed by atoms with Crippen molar-refractivity contribution in [1.82, 2.24) is 0 Å². The average molecular weight is 265 g/mol. The molecule has 1 aliphatic heterocycles. The van der Waals surface area contributed by atoms with Crippen molar-refractivity contribution in [2.24, 2.45) is 5.92 Å². The fourth-order valence-electron chi connectivity index (χ4n) is 1.93. The molecule has 4 nitrogen and oxygen atoms in total. The van der Waals surface area contributed by atoms with Gasteiger partial charge >= 0.3 is 5.97 Å². The molecule has 1 heterocycles. The summed E-state index contributed by atoms with van der Waals surface area (Å²) in [5, 5.41) is 11.7. The first kappa shape index (κ1) is 13.0. The molecule has 1 saturated heterocycles. The van der Waals surface area contributed by atoms with Gasteiger partial charge in [0.25, 0.3) is 0 Å². The van der Waals surface area contributed by atoms with Crippen molar-refractivity contribution >= 4 is 29.3 Å². The number of carboxylic acid groups (broad SMARTS) is 1. The third-order valence-corrected chi connectivity index (χ3v) is 4.02. The van der Waals surface area contributed by atoms with Crippen LogP contribution in [0, 0.1) is 5.92 Å². The van der Waals surface area contributed by atoms with Crippen LogP contribution in [0.4, 0.5) is 5.69 Å². The molecule has 1 aromatic carbocycles. The van der Waals surface area contributed by atoms with Crippen molar-refractivity contribution in [2.45, 2.75) is 12.8 Å². The van der Waals surface area contributed by atoms with Crippen molar-refractivity contribution in [2.75, 3.05) is 16.8 Å². The normalized spacial score (nSPS) is 16.2. The lowest BCUT2D eigenvalue weighted by Crippen LogP contribution is -2.26. The van der Waals surface area contributed by atoms with Crippen molar-refractivity contribution in [1.29, 1.82) is 0 Å². The maximum absolute atomic E-state index is 12.0. The van der Waals surface area contributed by atoms with Crippen LogP contribution >= 0.6 is 11.8 Å². The molecule has 0 radical (unpaired) electrons. The van der Waals surface area contributed by atoms with Crippen molar-refractivity contribution in [3.63, 3.8) is 0 Å². The minimum atomic E-state index is -0.986. The molecule has 5 heteroatoms. The zero-order chi connectivity index (χ0) is 13.0. The molecule has 1 fully saturated rings. The summed E-state index contributed by atoms with van der Waals surface area (Å²) in [6, 6.07) is 6.34. The van der Waals surface area contributed by atoms with Gasteiger partial charge in [0.1, 0.15) is 0 Å². The van der Waals surface area contributed by atoms with Crippen molar-refractivity contribution in [3.8, 4) is 0 Å². The van der Waals surface area contributed by atoms with Crippen LogP contribution in [-0.2, 0) is 4.79 Å². The summed E-state index contributed by atoms with van der Waals surface area (Å²) in [6.07, 6.45) is 1.80. The molecular weight excluding hydrogens is 250 g/mol. The van der Waals surface area contributed by atoms with E-state index >= 15 is 0 Å². The van der Waals surface area contributed by atoms with Gasteiger partial charge in [-0.1, -0.05) is 6.07 Å². The highest BCUT2D eigenvalue weighted by atomic mass is 32.2. The van der Waals surface area contributed by atoms with Gasteiger partial charge in [0.15, 0.2) is 0 Å². The molecule has 18 heavy (non-hydrogen) atoms. The number of amides is 1. The Morgan fingerprint density at radius 3 is 2.67 bits per heavy atom. The maximum atomic E-state index is 12.0. The topological polar surface area (TPSA) is 66.4 Å². The molecule has 1 amide bonds. The molecule has 0 aromatic heterocycles. The molecule has 2 rings (SSSR count). The zero-order valence-electron chi connectivity index (χ0n) is 9.89. The number of nitrogens with one attached hydrogen (secondary N) is 1. The Morgan fingerprint density at radius 2 is 2.00 bits per heavy atom. The van der Waals surface area contributed by atoms with E-state index < -0.39 is 5.97 Å². The molecule has 0 bridgehead atoms. The Bertz CT molecular complexity index is 455. The van der Waals surface area contributed by atoms with Gasteiger partial charge in [0.05, 0.1) is 5.56 Å². The minimum Gasteiger partial charge on any atom is -0.478 e. The van der Waals surface area contributed by atoms with Crippen LogP contribution in [0.1, 0.15) is 23.2 Å². The Balaban J connectivity index is 2.02. The molecule has 1 aromatic rings. The second-order valence-corrected chi connectivity index (χ2v) is 5.49. The number of anilines is 1. The summed E-state index contributed by atoms with van der Waals surface area (Å²) < 4.78 is 0.